The number of anilines is 1. The quantitative estimate of drug-likeness (QED) is 0.833. The fourth-order valence-electron chi connectivity index (χ4n) is 1.12. The number of aromatic nitrogens is 2. The Morgan fingerprint density at radius 2 is 2.21 bits per heavy atom. The molecule has 1 amide bonds. The minimum Gasteiger partial charge on any atom is -0.383 e. The summed E-state index contributed by atoms with van der Waals surface area (Å²) in [7, 11) is 1.51. The lowest BCUT2D eigenvalue weighted by Crippen LogP contribution is -2.59. The van der Waals surface area contributed by atoms with Gasteiger partial charge in [-0.1, -0.05) is 0 Å². The lowest BCUT2D eigenvalue weighted by atomic mass is 10.0. The van der Waals surface area contributed by atoms with E-state index in [0.717, 1.165) is 0 Å². The summed E-state index contributed by atoms with van der Waals surface area (Å²) in [6, 6.07) is 0. The molecule has 1 aromatic heterocycles. The minimum absolute atomic E-state index is 0.141. The van der Waals surface area contributed by atoms with Crippen LogP contribution in [0.4, 0.5) is 18.9 Å². The van der Waals surface area contributed by atoms with E-state index in [0.29, 0.717) is 20.1 Å². The minimum atomic E-state index is -4.83. The molecule has 0 bridgehead atoms. The van der Waals surface area contributed by atoms with E-state index in [-0.39, 0.29) is 5.69 Å². The first kappa shape index (κ1) is 15.4. The third kappa shape index (κ3) is 3.67. The number of rotatable bonds is 5. The van der Waals surface area contributed by atoms with Gasteiger partial charge in [0.2, 0.25) is 0 Å². The number of nitrogens with two attached hydrogens (primary N) is 1. The summed E-state index contributed by atoms with van der Waals surface area (Å²) in [4.78, 5) is 11.5. The van der Waals surface area contributed by atoms with Gasteiger partial charge in [-0.15, -0.1) is 0 Å². The van der Waals surface area contributed by atoms with Gasteiger partial charge in [0.25, 0.3) is 5.91 Å². The van der Waals surface area contributed by atoms with Crippen molar-refractivity contribution in [1.82, 2.24) is 9.78 Å². The van der Waals surface area contributed by atoms with Crippen molar-refractivity contribution >= 4 is 11.6 Å². The molecule has 0 fully saturated rings. The van der Waals surface area contributed by atoms with Gasteiger partial charge >= 0.3 is 6.18 Å². The third-order valence-electron chi connectivity index (χ3n) is 2.48. The van der Waals surface area contributed by atoms with Crippen LogP contribution >= 0.6 is 0 Å². The Morgan fingerprint density at radius 3 is 2.74 bits per heavy atom. The van der Waals surface area contributed by atoms with Crippen LogP contribution in [-0.2, 0) is 16.1 Å². The molecule has 9 heteroatoms. The van der Waals surface area contributed by atoms with Gasteiger partial charge in [-0.2, -0.15) is 18.3 Å². The van der Waals surface area contributed by atoms with Gasteiger partial charge in [-0.25, -0.2) is 0 Å². The van der Waals surface area contributed by atoms with E-state index in [1.54, 1.807) is 0 Å². The Balaban J connectivity index is 2.69. The van der Waals surface area contributed by atoms with Crippen LogP contribution in [0.5, 0.6) is 0 Å². The lowest BCUT2D eigenvalue weighted by Gasteiger charge is -2.25. The number of methoxy groups -OCH3 is 1. The van der Waals surface area contributed by atoms with Crippen molar-refractivity contribution < 1.29 is 22.7 Å². The van der Waals surface area contributed by atoms with Crippen molar-refractivity contribution in [3.8, 4) is 0 Å². The summed E-state index contributed by atoms with van der Waals surface area (Å²) < 4.78 is 43.9. The van der Waals surface area contributed by atoms with Crippen LogP contribution in [0.2, 0.25) is 0 Å². The maximum atomic E-state index is 12.5. The normalized spacial score (nSPS) is 15.1. The fraction of sp³-hybridized carbons (Fsp3) is 0.600. The van der Waals surface area contributed by atoms with Gasteiger partial charge in [0.05, 0.1) is 25.0 Å². The smallest absolute Gasteiger partial charge is 0.383 e. The number of nitrogens with one attached hydrogen (secondary N) is 1. The van der Waals surface area contributed by atoms with Crippen molar-refractivity contribution in [2.45, 2.75) is 25.2 Å². The molecule has 0 spiro atoms. The first-order chi connectivity index (χ1) is 8.68. The maximum Gasteiger partial charge on any atom is 0.415 e. The van der Waals surface area contributed by atoms with E-state index >= 15 is 0 Å². The molecule has 108 valence electrons. The van der Waals surface area contributed by atoms with Gasteiger partial charge in [0.15, 0.2) is 5.54 Å². The molecule has 0 saturated carbocycles. The van der Waals surface area contributed by atoms with Crippen LogP contribution in [-0.4, -0.2) is 41.1 Å². The number of halogens is 3. The molecule has 0 aliphatic heterocycles. The maximum absolute atomic E-state index is 12.5. The van der Waals surface area contributed by atoms with Crippen LogP contribution in [0.15, 0.2) is 12.4 Å². The fourth-order valence-corrected chi connectivity index (χ4v) is 1.12. The molecule has 0 aromatic carbocycles. The second-order valence-corrected chi connectivity index (χ2v) is 4.14. The number of hydrogen-bond acceptors (Lipinski definition) is 4. The first-order valence-electron chi connectivity index (χ1n) is 5.37. The number of ether oxygens (including phenoxy) is 1. The van der Waals surface area contributed by atoms with Crippen LogP contribution in [0.3, 0.4) is 0 Å². The predicted octanol–water partition coefficient (Wildman–Crippen LogP) is 0.748. The topological polar surface area (TPSA) is 82.2 Å². The standard InChI is InChI=1S/C10H15F3N4O2/c1-9(14,10(11,12)13)8(18)16-7-5-15-17(6-7)3-4-19-2/h5-6H,3-4,14H2,1-2H3,(H,16,18). The molecule has 1 heterocycles. The van der Waals surface area contributed by atoms with Gasteiger partial charge in [0.1, 0.15) is 0 Å². The number of amides is 1. The second kappa shape index (κ2) is 5.57. The molecule has 0 aliphatic rings. The van der Waals surface area contributed by atoms with E-state index in [1.807, 2.05) is 0 Å². The van der Waals surface area contributed by atoms with Crippen LogP contribution in [0, 0.1) is 0 Å². The van der Waals surface area contributed by atoms with E-state index in [4.69, 9.17) is 10.5 Å². The van der Waals surface area contributed by atoms with Crippen molar-refractivity contribution in [3.05, 3.63) is 12.4 Å². The monoisotopic (exact) mass is 280 g/mol. The van der Waals surface area contributed by atoms with Gasteiger partial charge in [-0.05, 0) is 6.92 Å². The first-order valence-corrected chi connectivity index (χ1v) is 5.37. The molecule has 0 saturated heterocycles. The molecule has 1 rings (SSSR count). The summed E-state index contributed by atoms with van der Waals surface area (Å²) in [5.74, 6) is -1.34. The Morgan fingerprint density at radius 1 is 1.58 bits per heavy atom. The highest BCUT2D eigenvalue weighted by molar-refractivity contribution is 5.98. The summed E-state index contributed by atoms with van der Waals surface area (Å²) in [5.41, 5.74) is 2.17. The van der Waals surface area contributed by atoms with Crippen molar-refractivity contribution in [3.63, 3.8) is 0 Å². The van der Waals surface area contributed by atoms with Gasteiger partial charge < -0.3 is 15.8 Å². The highest BCUT2D eigenvalue weighted by Crippen LogP contribution is 2.28. The van der Waals surface area contributed by atoms with Crippen LogP contribution in [0.1, 0.15) is 6.92 Å². The SMILES string of the molecule is COCCn1cc(NC(=O)C(C)(N)C(F)(F)F)cn1. The highest BCUT2D eigenvalue weighted by Gasteiger charge is 2.54. The molecule has 0 aliphatic carbocycles. The van der Waals surface area contributed by atoms with Gasteiger partial charge in [-0.3, -0.25) is 9.48 Å². The zero-order valence-corrected chi connectivity index (χ0v) is 10.5. The second-order valence-electron chi connectivity index (χ2n) is 4.14. The zero-order valence-electron chi connectivity index (χ0n) is 10.5. The van der Waals surface area contributed by atoms with Crippen LogP contribution < -0.4 is 11.1 Å². The Labute approximate surface area is 107 Å². The van der Waals surface area contributed by atoms with E-state index < -0.39 is 17.6 Å². The summed E-state index contributed by atoms with van der Waals surface area (Å²) in [6.45, 7) is 1.43. The van der Waals surface area contributed by atoms with E-state index in [1.165, 1.54) is 24.2 Å². The highest BCUT2D eigenvalue weighted by atomic mass is 19.4. The molecule has 1 unspecified atom stereocenters. The van der Waals surface area contributed by atoms with E-state index in [2.05, 4.69) is 10.4 Å². The largest absolute Gasteiger partial charge is 0.415 e. The molecule has 1 aromatic rings. The Kier molecular flexibility index (Phi) is 4.53. The Bertz CT molecular complexity index is 442. The molecular weight excluding hydrogens is 265 g/mol. The number of hydrogen-bond donors (Lipinski definition) is 2. The zero-order chi connectivity index (χ0) is 14.7. The van der Waals surface area contributed by atoms with Crippen LogP contribution in [0.25, 0.3) is 0 Å². The van der Waals surface area contributed by atoms with Crippen molar-refractivity contribution in [2.24, 2.45) is 5.73 Å². The molecule has 1 atom stereocenters. The lowest BCUT2D eigenvalue weighted by molar-refractivity contribution is -0.184. The summed E-state index contributed by atoms with van der Waals surface area (Å²) in [5, 5.41) is 5.93. The Hall–Kier alpha value is -1.61. The van der Waals surface area contributed by atoms with Gasteiger partial charge in [0, 0.05) is 13.3 Å². The summed E-state index contributed by atoms with van der Waals surface area (Å²) in [6.07, 6.45) is -2.20. The molecule has 6 nitrogen and oxygen atoms in total. The average Bonchev–Trinajstić information content (AvgIpc) is 2.72. The molecular formula is C10H15F3N4O2. The number of carbonyl (C=O) groups is 1. The molecule has 19 heavy (non-hydrogen) atoms. The number of alkyl halides is 3. The number of nitrogens with zero attached hydrogens (tertiary/aromatic N) is 2. The summed E-state index contributed by atoms with van der Waals surface area (Å²) >= 11 is 0. The average molecular weight is 280 g/mol. The van der Waals surface area contributed by atoms with Crippen molar-refractivity contribution in [2.75, 3.05) is 19.0 Å². The predicted molar refractivity (Wildman–Crippen MR) is 61.4 cm³/mol. The molecule has 0 radical (unpaired) electrons. The van der Waals surface area contributed by atoms with Crippen molar-refractivity contribution in [1.29, 1.82) is 0 Å². The van der Waals surface area contributed by atoms with E-state index in [9.17, 15) is 18.0 Å². The third-order valence-corrected chi connectivity index (χ3v) is 2.48. The number of carbonyl (C=O) groups excluding carboxylic acids is 1. The molecule has 3 N–H and O–H groups in total.